The molecule has 1 saturated carbocycles. The van der Waals surface area contributed by atoms with Gasteiger partial charge in [-0.15, -0.1) is 0 Å². The van der Waals surface area contributed by atoms with Gasteiger partial charge in [0.05, 0.1) is 0 Å². The zero-order chi connectivity index (χ0) is 11.5. The molecule has 1 aliphatic carbocycles. The highest BCUT2D eigenvalue weighted by Gasteiger charge is 2.42. The number of carbonyl (C=O) groups is 1. The Labute approximate surface area is 90.2 Å². The third kappa shape index (κ3) is 4.63. The second-order valence-corrected chi connectivity index (χ2v) is 4.81. The Kier molecular flexibility index (Phi) is 3.75. The van der Waals surface area contributed by atoms with Crippen LogP contribution in [-0.4, -0.2) is 36.3 Å². The van der Waals surface area contributed by atoms with Crippen molar-refractivity contribution < 1.29 is 18.0 Å². The number of alkyl halides is 3. The molecule has 0 radical (unpaired) electrons. The van der Waals surface area contributed by atoms with Crippen LogP contribution in [0.2, 0.25) is 0 Å². The largest absolute Gasteiger partial charge is 0.405 e. The molecular formula is C8H13F3N2OS. The van der Waals surface area contributed by atoms with E-state index >= 15 is 0 Å². The third-order valence-electron chi connectivity index (χ3n) is 2.26. The lowest BCUT2D eigenvalue weighted by atomic mass is 10.4. The Hall–Kier alpha value is -0.590. The first-order chi connectivity index (χ1) is 6.87. The SMILES string of the molecule is CSC1(CNC(=O)NCC(F)(F)F)CC1. The molecule has 0 spiro atoms. The van der Waals surface area contributed by atoms with Gasteiger partial charge in [0, 0.05) is 11.3 Å². The van der Waals surface area contributed by atoms with Gasteiger partial charge in [0.15, 0.2) is 0 Å². The molecule has 88 valence electrons. The minimum atomic E-state index is -4.35. The maximum atomic E-state index is 11.7. The molecule has 1 fully saturated rings. The van der Waals surface area contributed by atoms with Crippen LogP contribution in [0, 0.1) is 0 Å². The van der Waals surface area contributed by atoms with Crippen molar-refractivity contribution in [3.63, 3.8) is 0 Å². The second-order valence-electron chi connectivity index (χ2n) is 3.54. The van der Waals surface area contributed by atoms with Crippen LogP contribution in [0.1, 0.15) is 12.8 Å². The lowest BCUT2D eigenvalue weighted by molar-refractivity contribution is -0.122. The highest BCUT2D eigenvalue weighted by Crippen LogP contribution is 2.46. The quantitative estimate of drug-likeness (QED) is 0.788. The van der Waals surface area contributed by atoms with Crippen molar-refractivity contribution in [2.24, 2.45) is 0 Å². The van der Waals surface area contributed by atoms with Gasteiger partial charge in [-0.3, -0.25) is 0 Å². The van der Waals surface area contributed by atoms with Crippen molar-refractivity contribution in [1.29, 1.82) is 0 Å². The number of hydrogen-bond acceptors (Lipinski definition) is 2. The molecule has 0 aliphatic heterocycles. The lowest BCUT2D eigenvalue weighted by Gasteiger charge is -2.14. The van der Waals surface area contributed by atoms with Crippen LogP contribution < -0.4 is 10.6 Å². The van der Waals surface area contributed by atoms with E-state index in [9.17, 15) is 18.0 Å². The van der Waals surface area contributed by atoms with E-state index in [0.29, 0.717) is 6.54 Å². The normalized spacial score (nSPS) is 18.4. The molecule has 2 amide bonds. The van der Waals surface area contributed by atoms with Gasteiger partial charge < -0.3 is 10.6 Å². The van der Waals surface area contributed by atoms with Gasteiger partial charge in [-0.1, -0.05) is 0 Å². The first-order valence-electron chi connectivity index (χ1n) is 4.50. The van der Waals surface area contributed by atoms with Crippen LogP contribution in [0.15, 0.2) is 0 Å². The first kappa shape index (κ1) is 12.5. The number of hydrogen-bond donors (Lipinski definition) is 2. The van der Waals surface area contributed by atoms with E-state index in [1.54, 1.807) is 17.1 Å². The van der Waals surface area contributed by atoms with E-state index in [0.717, 1.165) is 12.8 Å². The summed E-state index contributed by atoms with van der Waals surface area (Å²) in [5, 5.41) is 4.20. The maximum Gasteiger partial charge on any atom is 0.405 e. The predicted octanol–water partition coefficient (Wildman–Crippen LogP) is 1.74. The summed E-state index contributed by atoms with van der Waals surface area (Å²) in [5.74, 6) is 0. The highest BCUT2D eigenvalue weighted by atomic mass is 32.2. The molecule has 0 bridgehead atoms. The van der Waals surface area contributed by atoms with E-state index in [1.165, 1.54) is 0 Å². The Bertz CT molecular complexity index is 241. The molecule has 3 nitrogen and oxygen atoms in total. The number of nitrogens with one attached hydrogen (secondary N) is 2. The van der Waals surface area contributed by atoms with E-state index in [2.05, 4.69) is 5.32 Å². The molecule has 2 N–H and O–H groups in total. The minimum Gasteiger partial charge on any atom is -0.337 e. The average molecular weight is 242 g/mol. The van der Waals surface area contributed by atoms with Gasteiger partial charge in [-0.05, 0) is 19.1 Å². The summed E-state index contributed by atoms with van der Waals surface area (Å²) >= 11 is 1.64. The summed E-state index contributed by atoms with van der Waals surface area (Å²) in [4.78, 5) is 10.9. The maximum absolute atomic E-state index is 11.7. The van der Waals surface area contributed by atoms with Gasteiger partial charge in [0.25, 0.3) is 0 Å². The fourth-order valence-electron chi connectivity index (χ4n) is 1.08. The molecule has 0 aromatic carbocycles. The van der Waals surface area contributed by atoms with Gasteiger partial charge in [-0.25, -0.2) is 4.79 Å². The Morgan fingerprint density at radius 2 is 2.00 bits per heavy atom. The Balaban J connectivity index is 2.14. The Morgan fingerprint density at radius 3 is 2.40 bits per heavy atom. The fourth-order valence-corrected chi connectivity index (χ4v) is 1.80. The molecule has 0 aromatic rings. The first-order valence-corrected chi connectivity index (χ1v) is 5.73. The summed E-state index contributed by atoms with van der Waals surface area (Å²) < 4.78 is 35.2. The van der Waals surface area contributed by atoms with Crippen molar-refractivity contribution in [3.8, 4) is 0 Å². The van der Waals surface area contributed by atoms with Gasteiger partial charge in [0.1, 0.15) is 6.54 Å². The Morgan fingerprint density at radius 1 is 1.40 bits per heavy atom. The molecule has 1 rings (SSSR count). The van der Waals surface area contributed by atoms with Crippen molar-refractivity contribution >= 4 is 17.8 Å². The smallest absolute Gasteiger partial charge is 0.337 e. The van der Waals surface area contributed by atoms with E-state index in [1.807, 2.05) is 6.26 Å². The summed E-state index contributed by atoms with van der Waals surface area (Å²) in [6.45, 7) is -0.858. The molecular weight excluding hydrogens is 229 g/mol. The summed E-state index contributed by atoms with van der Waals surface area (Å²) in [6.07, 6.45) is -0.405. The summed E-state index contributed by atoms with van der Waals surface area (Å²) in [5.41, 5.74) is 0. The monoisotopic (exact) mass is 242 g/mol. The van der Waals surface area contributed by atoms with Gasteiger partial charge in [-0.2, -0.15) is 24.9 Å². The van der Waals surface area contributed by atoms with Crippen molar-refractivity contribution in [2.45, 2.75) is 23.8 Å². The highest BCUT2D eigenvalue weighted by molar-refractivity contribution is 8.00. The number of amides is 2. The standard InChI is InChI=1S/C8H13F3N2OS/c1-15-7(2-3-7)4-12-6(14)13-5-8(9,10)11/h2-5H2,1H3,(H2,12,13,14). The predicted molar refractivity (Wildman–Crippen MR) is 52.9 cm³/mol. The average Bonchev–Trinajstić information content (AvgIpc) is 2.91. The van der Waals surface area contributed by atoms with Crippen LogP contribution in [0.5, 0.6) is 0 Å². The van der Waals surface area contributed by atoms with Crippen LogP contribution >= 0.6 is 11.8 Å². The lowest BCUT2D eigenvalue weighted by Crippen LogP contribution is -2.43. The van der Waals surface area contributed by atoms with E-state index < -0.39 is 18.8 Å². The number of rotatable bonds is 4. The fraction of sp³-hybridized carbons (Fsp3) is 0.875. The molecule has 15 heavy (non-hydrogen) atoms. The van der Waals surface area contributed by atoms with Gasteiger partial charge >= 0.3 is 12.2 Å². The number of halogens is 3. The van der Waals surface area contributed by atoms with Crippen LogP contribution in [0.4, 0.5) is 18.0 Å². The molecule has 0 saturated heterocycles. The third-order valence-corrected chi connectivity index (χ3v) is 3.68. The number of carbonyl (C=O) groups excluding carboxylic acids is 1. The van der Waals surface area contributed by atoms with Crippen molar-refractivity contribution in [1.82, 2.24) is 10.6 Å². The zero-order valence-corrected chi connectivity index (χ0v) is 9.10. The van der Waals surface area contributed by atoms with E-state index in [4.69, 9.17) is 0 Å². The minimum absolute atomic E-state index is 0.0651. The van der Waals surface area contributed by atoms with E-state index in [-0.39, 0.29) is 4.75 Å². The van der Waals surface area contributed by atoms with Crippen LogP contribution in [-0.2, 0) is 0 Å². The molecule has 1 aliphatic rings. The summed E-state index contributed by atoms with van der Waals surface area (Å²) in [6, 6.07) is -0.757. The van der Waals surface area contributed by atoms with Gasteiger partial charge in [0.2, 0.25) is 0 Å². The topological polar surface area (TPSA) is 41.1 Å². The molecule has 0 unspecified atom stereocenters. The summed E-state index contributed by atoms with van der Waals surface area (Å²) in [7, 11) is 0. The zero-order valence-electron chi connectivity index (χ0n) is 8.28. The molecule has 0 atom stereocenters. The van der Waals surface area contributed by atoms with Crippen molar-refractivity contribution in [3.05, 3.63) is 0 Å². The molecule has 0 heterocycles. The van der Waals surface area contributed by atoms with Crippen LogP contribution in [0.3, 0.4) is 0 Å². The van der Waals surface area contributed by atoms with Crippen molar-refractivity contribution in [2.75, 3.05) is 19.3 Å². The number of thioether (sulfide) groups is 1. The molecule has 0 aromatic heterocycles. The number of urea groups is 1. The second kappa shape index (κ2) is 4.51. The molecule has 7 heteroatoms. The van der Waals surface area contributed by atoms with Crippen LogP contribution in [0.25, 0.3) is 0 Å².